The van der Waals surface area contributed by atoms with Gasteiger partial charge in [0.1, 0.15) is 34.3 Å². The van der Waals surface area contributed by atoms with Gasteiger partial charge in [-0.05, 0) is 30.9 Å². The SMILES string of the molecule is Cc1nc(C2=CC=C(OCC(C)C)C(C#N)C2)sc1C(=O)OCC(O)CO. The van der Waals surface area contributed by atoms with E-state index in [1.807, 2.05) is 19.9 Å². The van der Waals surface area contributed by atoms with Crippen LogP contribution in [0.2, 0.25) is 0 Å². The fourth-order valence-corrected chi connectivity index (χ4v) is 3.37. The van der Waals surface area contributed by atoms with Gasteiger partial charge in [-0.2, -0.15) is 5.26 Å². The predicted octanol–water partition coefficient (Wildman–Crippen LogP) is 2.44. The molecular formula is C19H24N2O5S. The van der Waals surface area contributed by atoms with Gasteiger partial charge in [-0.25, -0.2) is 9.78 Å². The second kappa shape index (κ2) is 9.65. The Morgan fingerprint density at radius 3 is 2.81 bits per heavy atom. The molecule has 0 radical (unpaired) electrons. The number of aliphatic hydroxyl groups excluding tert-OH is 2. The maximum absolute atomic E-state index is 12.2. The van der Waals surface area contributed by atoms with Crippen LogP contribution in [0.15, 0.2) is 17.9 Å². The molecule has 0 aromatic carbocycles. The highest BCUT2D eigenvalue weighted by atomic mass is 32.1. The zero-order valence-corrected chi connectivity index (χ0v) is 16.5. The highest BCUT2D eigenvalue weighted by Gasteiger charge is 2.25. The Morgan fingerprint density at radius 1 is 1.44 bits per heavy atom. The number of carbonyl (C=O) groups is 1. The summed E-state index contributed by atoms with van der Waals surface area (Å²) < 4.78 is 10.7. The summed E-state index contributed by atoms with van der Waals surface area (Å²) in [4.78, 5) is 16.9. The lowest BCUT2D eigenvalue weighted by Gasteiger charge is -2.20. The van der Waals surface area contributed by atoms with Crippen molar-refractivity contribution in [2.24, 2.45) is 11.8 Å². The molecule has 1 aliphatic rings. The molecule has 8 heteroatoms. The Bertz CT molecular complexity index is 776. The summed E-state index contributed by atoms with van der Waals surface area (Å²) in [6.45, 7) is 5.60. The van der Waals surface area contributed by atoms with Crippen molar-refractivity contribution >= 4 is 22.9 Å². The molecule has 2 rings (SSSR count). The van der Waals surface area contributed by atoms with Crippen molar-refractivity contribution in [3.63, 3.8) is 0 Å². The van der Waals surface area contributed by atoms with E-state index < -0.39 is 18.7 Å². The van der Waals surface area contributed by atoms with E-state index in [1.54, 1.807) is 13.0 Å². The normalized spacial score (nSPS) is 17.7. The van der Waals surface area contributed by atoms with Crippen LogP contribution in [0.3, 0.4) is 0 Å². The molecule has 0 spiro atoms. The molecule has 27 heavy (non-hydrogen) atoms. The largest absolute Gasteiger partial charge is 0.496 e. The van der Waals surface area contributed by atoms with Gasteiger partial charge in [-0.3, -0.25) is 0 Å². The molecule has 1 aromatic heterocycles. The lowest BCUT2D eigenvalue weighted by Crippen LogP contribution is -2.21. The number of aryl methyl sites for hydroxylation is 1. The molecule has 7 nitrogen and oxygen atoms in total. The number of nitriles is 1. The minimum atomic E-state index is -1.10. The van der Waals surface area contributed by atoms with Gasteiger partial charge in [0.2, 0.25) is 0 Å². The average Bonchev–Trinajstić information content (AvgIpc) is 3.05. The molecule has 2 atom stereocenters. The summed E-state index contributed by atoms with van der Waals surface area (Å²) in [5.74, 6) is 0.0487. The van der Waals surface area contributed by atoms with Gasteiger partial charge in [0.05, 0.1) is 25.0 Å². The summed E-state index contributed by atoms with van der Waals surface area (Å²) in [5, 5.41) is 28.2. The number of aromatic nitrogens is 1. The lowest BCUT2D eigenvalue weighted by molar-refractivity contribution is 0.00963. The van der Waals surface area contributed by atoms with Gasteiger partial charge in [0.15, 0.2) is 0 Å². The summed E-state index contributed by atoms with van der Waals surface area (Å²) in [6, 6.07) is 2.26. The Labute approximate surface area is 162 Å². The monoisotopic (exact) mass is 392 g/mol. The number of esters is 1. The van der Waals surface area contributed by atoms with E-state index in [4.69, 9.17) is 14.6 Å². The minimum Gasteiger partial charge on any atom is -0.496 e. The van der Waals surface area contributed by atoms with Crippen LogP contribution in [0.25, 0.3) is 5.57 Å². The maximum atomic E-state index is 12.2. The van der Waals surface area contributed by atoms with E-state index in [9.17, 15) is 15.2 Å². The number of rotatable bonds is 8. The van der Waals surface area contributed by atoms with Crippen molar-refractivity contribution < 1.29 is 24.5 Å². The van der Waals surface area contributed by atoms with Crippen LogP contribution in [-0.2, 0) is 9.47 Å². The molecule has 2 unspecified atom stereocenters. The Morgan fingerprint density at radius 2 is 2.19 bits per heavy atom. The standard InChI is InChI=1S/C19H24N2O5S/c1-11(2)9-25-16-5-4-13(6-14(16)7-20)18-21-12(3)17(27-18)19(24)26-10-15(23)8-22/h4-5,11,14-15,22-23H,6,8-10H2,1-3H3. The van der Waals surface area contributed by atoms with Crippen molar-refractivity contribution in [1.82, 2.24) is 4.98 Å². The lowest BCUT2D eigenvalue weighted by atomic mass is 9.94. The van der Waals surface area contributed by atoms with Crippen molar-refractivity contribution in [3.05, 3.63) is 33.5 Å². The Balaban J connectivity index is 2.14. The van der Waals surface area contributed by atoms with Gasteiger partial charge in [0.25, 0.3) is 0 Å². The third kappa shape index (κ3) is 5.63. The molecule has 0 fully saturated rings. The van der Waals surface area contributed by atoms with Crippen LogP contribution in [0.4, 0.5) is 0 Å². The molecule has 1 heterocycles. The van der Waals surface area contributed by atoms with Crippen molar-refractivity contribution in [2.75, 3.05) is 19.8 Å². The predicted molar refractivity (Wildman–Crippen MR) is 101 cm³/mol. The van der Waals surface area contributed by atoms with Crippen LogP contribution in [-0.4, -0.2) is 47.1 Å². The van der Waals surface area contributed by atoms with E-state index >= 15 is 0 Å². The average molecular weight is 392 g/mol. The molecule has 0 saturated carbocycles. The second-order valence-electron chi connectivity index (χ2n) is 6.72. The third-order valence-corrected chi connectivity index (χ3v) is 5.04. The number of thiazole rings is 1. The van der Waals surface area contributed by atoms with E-state index in [1.165, 1.54) is 11.3 Å². The van der Waals surface area contributed by atoms with E-state index in [0.29, 0.717) is 40.3 Å². The van der Waals surface area contributed by atoms with Crippen molar-refractivity contribution in [3.8, 4) is 6.07 Å². The van der Waals surface area contributed by atoms with Gasteiger partial charge in [-0.1, -0.05) is 19.9 Å². The first-order valence-corrected chi connectivity index (χ1v) is 9.54. The molecule has 0 bridgehead atoms. The smallest absolute Gasteiger partial charge is 0.350 e. The molecule has 1 aromatic rings. The first kappa shape index (κ1) is 21.1. The van der Waals surface area contributed by atoms with Crippen LogP contribution in [0.5, 0.6) is 0 Å². The number of hydrogen-bond acceptors (Lipinski definition) is 8. The highest BCUT2D eigenvalue weighted by molar-refractivity contribution is 7.14. The zero-order chi connectivity index (χ0) is 20.0. The number of carbonyl (C=O) groups excluding carboxylic acids is 1. The zero-order valence-electron chi connectivity index (χ0n) is 15.6. The van der Waals surface area contributed by atoms with Gasteiger partial charge in [0, 0.05) is 0 Å². The summed E-state index contributed by atoms with van der Waals surface area (Å²) in [5.41, 5.74) is 1.39. The molecule has 146 valence electrons. The second-order valence-corrected chi connectivity index (χ2v) is 7.72. The molecule has 0 amide bonds. The molecule has 0 aliphatic heterocycles. The van der Waals surface area contributed by atoms with E-state index in [-0.39, 0.29) is 12.5 Å². The third-order valence-electron chi connectivity index (χ3n) is 3.83. The number of allylic oxidation sites excluding steroid dienone is 4. The first-order valence-electron chi connectivity index (χ1n) is 8.72. The topological polar surface area (TPSA) is 113 Å². The molecule has 0 saturated heterocycles. The van der Waals surface area contributed by atoms with Crippen LogP contribution in [0.1, 0.15) is 40.6 Å². The van der Waals surface area contributed by atoms with Gasteiger partial charge >= 0.3 is 5.97 Å². The van der Waals surface area contributed by atoms with Crippen LogP contribution >= 0.6 is 11.3 Å². The Hall–Kier alpha value is -2.21. The van der Waals surface area contributed by atoms with Crippen LogP contribution in [0, 0.1) is 30.1 Å². The molecular weight excluding hydrogens is 368 g/mol. The Kier molecular flexibility index (Phi) is 7.54. The van der Waals surface area contributed by atoms with Gasteiger partial charge in [-0.15, -0.1) is 11.3 Å². The van der Waals surface area contributed by atoms with E-state index in [0.717, 1.165) is 5.57 Å². The summed E-state index contributed by atoms with van der Waals surface area (Å²) in [6.07, 6.45) is 3.02. The summed E-state index contributed by atoms with van der Waals surface area (Å²) >= 11 is 1.19. The number of ether oxygens (including phenoxy) is 2. The molecule has 2 N–H and O–H groups in total. The minimum absolute atomic E-state index is 0.277. The van der Waals surface area contributed by atoms with E-state index in [2.05, 4.69) is 11.1 Å². The fourth-order valence-electron chi connectivity index (χ4n) is 2.38. The summed E-state index contributed by atoms with van der Waals surface area (Å²) in [7, 11) is 0. The van der Waals surface area contributed by atoms with Crippen molar-refractivity contribution in [2.45, 2.75) is 33.3 Å². The highest BCUT2D eigenvalue weighted by Crippen LogP contribution is 2.35. The van der Waals surface area contributed by atoms with Crippen molar-refractivity contribution in [1.29, 1.82) is 5.26 Å². The van der Waals surface area contributed by atoms with Crippen LogP contribution < -0.4 is 0 Å². The number of hydrogen-bond donors (Lipinski definition) is 2. The quantitative estimate of drug-likeness (QED) is 0.653. The maximum Gasteiger partial charge on any atom is 0.350 e. The van der Waals surface area contributed by atoms with Gasteiger partial charge < -0.3 is 19.7 Å². The first-order chi connectivity index (χ1) is 12.8. The number of nitrogens with zero attached hydrogens (tertiary/aromatic N) is 2. The fraction of sp³-hybridized carbons (Fsp3) is 0.526. The number of aliphatic hydroxyl groups is 2. The molecule has 1 aliphatic carbocycles.